The maximum Gasteiger partial charge on any atom is 0.303 e. The van der Waals surface area contributed by atoms with Crippen LogP contribution < -0.4 is 5.32 Å². The third-order valence-corrected chi connectivity index (χ3v) is 6.87. The Morgan fingerprint density at radius 2 is 2.12 bits per heavy atom. The summed E-state index contributed by atoms with van der Waals surface area (Å²) in [6.45, 7) is 8.56. The number of aliphatic carboxylic acids is 1. The lowest BCUT2D eigenvalue weighted by atomic mass is 9.69. The van der Waals surface area contributed by atoms with E-state index in [0.717, 1.165) is 31.2 Å². The molecule has 1 aliphatic carbocycles. The fraction of sp³-hybridized carbons (Fsp3) is 0.650. The first-order valence-electron chi connectivity index (χ1n) is 9.24. The number of nitriles is 1. The largest absolute Gasteiger partial charge is 0.481 e. The number of hydrogen-bond donors (Lipinski definition) is 2. The molecule has 0 saturated heterocycles. The number of fused-ring (bicyclic) bond motifs is 1. The van der Waals surface area contributed by atoms with E-state index < -0.39 is 5.97 Å². The SMILES string of the molecule is CCC(C)(C)[C@@H]1CCc2c(sc(NC(=O)C[C@H](C)CC(=O)O)c2C#N)C1. The van der Waals surface area contributed by atoms with Crippen LogP contribution in [0.5, 0.6) is 0 Å². The summed E-state index contributed by atoms with van der Waals surface area (Å²) in [5, 5.41) is 21.9. The van der Waals surface area contributed by atoms with Gasteiger partial charge in [0.05, 0.1) is 5.56 Å². The summed E-state index contributed by atoms with van der Waals surface area (Å²) in [6, 6.07) is 2.26. The molecule has 0 bridgehead atoms. The number of rotatable bonds is 7. The Bertz CT molecular complexity index is 730. The number of amides is 1. The predicted molar refractivity (Wildman–Crippen MR) is 103 cm³/mol. The molecule has 0 radical (unpaired) electrons. The first-order valence-corrected chi connectivity index (χ1v) is 10.1. The second-order valence-electron chi connectivity index (χ2n) is 8.06. The molecular formula is C20H28N2O3S. The van der Waals surface area contributed by atoms with E-state index >= 15 is 0 Å². The number of carbonyl (C=O) groups is 2. The highest BCUT2D eigenvalue weighted by Crippen LogP contribution is 2.45. The molecule has 1 aromatic heterocycles. The van der Waals surface area contributed by atoms with E-state index in [1.165, 1.54) is 16.2 Å². The smallest absolute Gasteiger partial charge is 0.303 e. The van der Waals surface area contributed by atoms with Crippen molar-refractivity contribution in [2.75, 3.05) is 5.32 Å². The van der Waals surface area contributed by atoms with Crippen LogP contribution in [-0.4, -0.2) is 17.0 Å². The highest BCUT2D eigenvalue weighted by Gasteiger charge is 2.34. The van der Waals surface area contributed by atoms with E-state index in [1.807, 2.05) is 0 Å². The molecule has 1 aromatic rings. The molecule has 0 unspecified atom stereocenters. The number of nitrogens with zero attached hydrogens (tertiary/aromatic N) is 1. The zero-order valence-corrected chi connectivity index (χ0v) is 16.8. The van der Waals surface area contributed by atoms with Crippen molar-refractivity contribution in [3.05, 3.63) is 16.0 Å². The summed E-state index contributed by atoms with van der Waals surface area (Å²) in [5.74, 6) is -0.773. The molecule has 0 fully saturated rings. The Kier molecular flexibility index (Phi) is 6.46. The van der Waals surface area contributed by atoms with Crippen LogP contribution in [0.4, 0.5) is 5.00 Å². The highest BCUT2D eigenvalue weighted by molar-refractivity contribution is 7.16. The van der Waals surface area contributed by atoms with Crippen LogP contribution in [0.15, 0.2) is 0 Å². The molecule has 0 aliphatic heterocycles. The number of thiophene rings is 1. The summed E-state index contributed by atoms with van der Waals surface area (Å²) in [6.07, 6.45) is 4.14. The molecule has 2 atom stereocenters. The van der Waals surface area contributed by atoms with Gasteiger partial charge in [-0.15, -0.1) is 11.3 Å². The van der Waals surface area contributed by atoms with Gasteiger partial charge in [-0.3, -0.25) is 9.59 Å². The van der Waals surface area contributed by atoms with E-state index in [9.17, 15) is 14.9 Å². The zero-order chi connectivity index (χ0) is 19.5. The van der Waals surface area contributed by atoms with Crippen molar-refractivity contribution in [2.45, 2.75) is 66.2 Å². The van der Waals surface area contributed by atoms with Crippen molar-refractivity contribution in [1.82, 2.24) is 0 Å². The van der Waals surface area contributed by atoms with Crippen LogP contribution >= 0.6 is 11.3 Å². The minimum absolute atomic E-state index is 0.0345. The van der Waals surface area contributed by atoms with E-state index in [-0.39, 0.29) is 30.1 Å². The average Bonchev–Trinajstić information content (AvgIpc) is 2.89. The van der Waals surface area contributed by atoms with Gasteiger partial charge >= 0.3 is 5.97 Å². The molecule has 6 heteroatoms. The Morgan fingerprint density at radius 3 is 2.69 bits per heavy atom. The van der Waals surface area contributed by atoms with Crippen LogP contribution in [-0.2, 0) is 22.4 Å². The monoisotopic (exact) mass is 376 g/mol. The second kappa shape index (κ2) is 8.22. The third kappa shape index (κ3) is 4.64. The lowest BCUT2D eigenvalue weighted by Gasteiger charge is -2.36. The van der Waals surface area contributed by atoms with Crippen molar-refractivity contribution >= 4 is 28.2 Å². The lowest BCUT2D eigenvalue weighted by molar-refractivity contribution is -0.138. The molecule has 2 rings (SSSR count). The fourth-order valence-electron chi connectivity index (χ4n) is 3.61. The predicted octanol–water partition coefficient (Wildman–Crippen LogP) is 4.60. The first kappa shape index (κ1) is 20.4. The van der Waals surface area contributed by atoms with Gasteiger partial charge in [-0.1, -0.05) is 34.1 Å². The van der Waals surface area contributed by atoms with E-state index in [0.29, 0.717) is 16.5 Å². The molecular weight excluding hydrogens is 348 g/mol. The maximum atomic E-state index is 12.2. The maximum absolute atomic E-state index is 12.2. The molecule has 5 nitrogen and oxygen atoms in total. The molecule has 0 saturated carbocycles. The molecule has 0 aromatic carbocycles. The fourth-order valence-corrected chi connectivity index (χ4v) is 4.91. The Labute approximate surface area is 159 Å². The van der Waals surface area contributed by atoms with Crippen molar-refractivity contribution in [1.29, 1.82) is 5.26 Å². The summed E-state index contributed by atoms with van der Waals surface area (Å²) in [5.41, 5.74) is 1.95. The molecule has 1 amide bonds. The molecule has 142 valence electrons. The summed E-state index contributed by atoms with van der Waals surface area (Å²) < 4.78 is 0. The number of hydrogen-bond acceptors (Lipinski definition) is 4. The van der Waals surface area contributed by atoms with Crippen LogP contribution in [0.2, 0.25) is 0 Å². The standard InChI is InChI=1S/C20H28N2O3S/c1-5-20(3,4)13-6-7-14-15(11-21)19(26-16(14)10-13)22-17(23)8-12(2)9-18(24)25/h12-13H,5-10H2,1-4H3,(H,22,23)(H,24,25)/t12-,13+/m0/s1. The summed E-state index contributed by atoms with van der Waals surface area (Å²) in [4.78, 5) is 24.2. The topological polar surface area (TPSA) is 90.2 Å². The quantitative estimate of drug-likeness (QED) is 0.727. The Morgan fingerprint density at radius 1 is 1.42 bits per heavy atom. The van der Waals surface area contributed by atoms with Crippen LogP contribution in [0.3, 0.4) is 0 Å². The Balaban J connectivity index is 2.14. The minimum Gasteiger partial charge on any atom is -0.481 e. The van der Waals surface area contributed by atoms with E-state index in [4.69, 9.17) is 5.11 Å². The van der Waals surface area contributed by atoms with E-state index in [1.54, 1.807) is 6.92 Å². The van der Waals surface area contributed by atoms with Gasteiger partial charge in [-0.25, -0.2) is 0 Å². The minimum atomic E-state index is -0.904. The van der Waals surface area contributed by atoms with Gasteiger partial charge in [0.1, 0.15) is 11.1 Å². The highest BCUT2D eigenvalue weighted by atomic mass is 32.1. The zero-order valence-electron chi connectivity index (χ0n) is 16.0. The van der Waals surface area contributed by atoms with Gasteiger partial charge in [0, 0.05) is 17.7 Å². The van der Waals surface area contributed by atoms with Crippen LogP contribution in [0.25, 0.3) is 0 Å². The second-order valence-corrected chi connectivity index (χ2v) is 9.16. The first-order chi connectivity index (χ1) is 12.2. The van der Waals surface area contributed by atoms with E-state index in [2.05, 4.69) is 32.2 Å². The van der Waals surface area contributed by atoms with Crippen molar-refractivity contribution in [2.24, 2.45) is 17.3 Å². The summed E-state index contributed by atoms with van der Waals surface area (Å²) in [7, 11) is 0. The molecule has 0 spiro atoms. The molecule has 1 heterocycles. The number of nitrogens with one attached hydrogen (secondary N) is 1. The average molecular weight is 377 g/mol. The number of carbonyl (C=O) groups excluding carboxylic acids is 1. The summed E-state index contributed by atoms with van der Waals surface area (Å²) >= 11 is 1.52. The molecule has 2 N–H and O–H groups in total. The van der Waals surface area contributed by atoms with Gasteiger partial charge in [-0.05, 0) is 42.1 Å². The molecule has 26 heavy (non-hydrogen) atoms. The van der Waals surface area contributed by atoms with Crippen molar-refractivity contribution < 1.29 is 14.7 Å². The normalized spacial score (nSPS) is 17.9. The van der Waals surface area contributed by atoms with Crippen LogP contribution in [0.1, 0.15) is 69.4 Å². The number of carboxylic acid groups (broad SMARTS) is 1. The van der Waals surface area contributed by atoms with Crippen molar-refractivity contribution in [3.8, 4) is 6.07 Å². The third-order valence-electron chi connectivity index (χ3n) is 5.70. The number of anilines is 1. The van der Waals surface area contributed by atoms with Gasteiger partial charge in [0.2, 0.25) is 5.91 Å². The van der Waals surface area contributed by atoms with Crippen molar-refractivity contribution in [3.63, 3.8) is 0 Å². The van der Waals surface area contributed by atoms with Gasteiger partial charge in [-0.2, -0.15) is 5.26 Å². The lowest BCUT2D eigenvalue weighted by Crippen LogP contribution is -2.28. The van der Waals surface area contributed by atoms with Gasteiger partial charge < -0.3 is 10.4 Å². The Hall–Kier alpha value is -1.87. The number of carboxylic acids is 1. The van der Waals surface area contributed by atoms with Gasteiger partial charge in [0.25, 0.3) is 0 Å². The molecule has 1 aliphatic rings. The van der Waals surface area contributed by atoms with Crippen LogP contribution in [0, 0.1) is 28.6 Å². The van der Waals surface area contributed by atoms with Gasteiger partial charge in [0.15, 0.2) is 0 Å².